The third kappa shape index (κ3) is 3.57. The van der Waals surface area contributed by atoms with E-state index in [0.29, 0.717) is 16.4 Å². The van der Waals surface area contributed by atoms with E-state index in [-0.39, 0.29) is 11.4 Å². The van der Waals surface area contributed by atoms with Crippen molar-refractivity contribution in [3.8, 4) is 0 Å². The highest BCUT2D eigenvalue weighted by molar-refractivity contribution is 6.06. The Bertz CT molecular complexity index is 245. The van der Waals surface area contributed by atoms with Gasteiger partial charge in [0.15, 0.2) is 0 Å². The minimum atomic E-state index is -0.292. The first-order chi connectivity index (χ1) is 8.04. The van der Waals surface area contributed by atoms with Crippen LogP contribution in [0.4, 0.5) is 0 Å². The zero-order valence-corrected chi connectivity index (χ0v) is 13.9. The molecule has 1 rings (SSSR count). The predicted octanol–water partition coefficient (Wildman–Crippen LogP) is 2.83. The highest BCUT2D eigenvalue weighted by atomic mass is 28.2. The summed E-state index contributed by atoms with van der Waals surface area (Å²) in [6, 6.07) is 0. The van der Waals surface area contributed by atoms with Crippen LogP contribution in [0.2, 0.25) is 0 Å². The average molecular weight is 256 g/mol. The van der Waals surface area contributed by atoms with Gasteiger partial charge in [0.1, 0.15) is 0 Å². The van der Waals surface area contributed by atoms with Crippen LogP contribution < -0.4 is 0 Å². The van der Waals surface area contributed by atoms with Crippen LogP contribution in [0.1, 0.15) is 65.7 Å². The zero-order chi connectivity index (χ0) is 12.9. The lowest BCUT2D eigenvalue weighted by Gasteiger charge is -2.39. The summed E-state index contributed by atoms with van der Waals surface area (Å²) in [5.74, 6) is 1.27. The first kappa shape index (κ1) is 14.7. The molecule has 1 unspecified atom stereocenters. The zero-order valence-electron chi connectivity index (χ0n) is 11.9. The van der Waals surface area contributed by atoms with Gasteiger partial charge in [-0.1, -0.05) is 45.4 Å². The average Bonchev–Trinajstić information content (AvgIpc) is 2.35. The second-order valence-corrected chi connectivity index (χ2v) is 6.41. The third-order valence-electron chi connectivity index (χ3n) is 4.46. The summed E-state index contributed by atoms with van der Waals surface area (Å²) in [4.78, 5) is 12.0. The van der Waals surface area contributed by atoms with E-state index in [0.717, 1.165) is 12.3 Å². The highest BCUT2D eigenvalue weighted by Gasteiger charge is 2.41. The van der Waals surface area contributed by atoms with Gasteiger partial charge in [-0.2, -0.15) is 0 Å². The number of carbonyl (C=O) groups is 1. The molecule has 0 amide bonds. The molecule has 0 bridgehead atoms. The van der Waals surface area contributed by atoms with Crippen LogP contribution in [0, 0.1) is 17.3 Å². The first-order valence-electron chi connectivity index (χ1n) is 7.12. The number of carbonyl (C=O) groups excluding carboxylic acids is 1. The van der Waals surface area contributed by atoms with Crippen molar-refractivity contribution >= 4 is 16.5 Å². The maximum atomic E-state index is 12.0. The van der Waals surface area contributed by atoms with Crippen LogP contribution in [0.25, 0.3) is 0 Å². The molecule has 0 radical (unpaired) electrons. The minimum absolute atomic E-state index is 0.0215. The Labute approximate surface area is 109 Å². The molecule has 0 aromatic rings. The van der Waals surface area contributed by atoms with Crippen molar-refractivity contribution in [3.05, 3.63) is 0 Å². The molecule has 3 heteroatoms. The van der Waals surface area contributed by atoms with Gasteiger partial charge in [-0.05, 0) is 32.1 Å². The second kappa shape index (κ2) is 6.57. The molecule has 0 saturated heterocycles. The van der Waals surface area contributed by atoms with E-state index in [4.69, 9.17) is 4.43 Å². The van der Waals surface area contributed by atoms with Crippen LogP contribution in [-0.4, -0.2) is 16.5 Å². The molecule has 1 aliphatic rings. The van der Waals surface area contributed by atoms with Gasteiger partial charge in [0.2, 0.25) is 10.5 Å². The normalized spacial score (nSPS) is 20.2. The summed E-state index contributed by atoms with van der Waals surface area (Å²) < 4.78 is 5.13. The monoisotopic (exact) mass is 256 g/mol. The Morgan fingerprint density at radius 1 is 1.35 bits per heavy atom. The van der Waals surface area contributed by atoms with Crippen molar-refractivity contribution in [2.24, 2.45) is 17.3 Å². The minimum Gasteiger partial charge on any atom is -0.528 e. The molecule has 0 heterocycles. The van der Waals surface area contributed by atoms with Gasteiger partial charge in [-0.25, -0.2) is 0 Å². The molecule has 100 valence electrons. The van der Waals surface area contributed by atoms with Crippen LogP contribution in [-0.2, 0) is 9.22 Å². The molecule has 1 aliphatic carbocycles. The lowest BCUT2D eigenvalue weighted by atomic mass is 9.66. The summed E-state index contributed by atoms with van der Waals surface area (Å²) in [5.41, 5.74) is -0.292. The second-order valence-electron chi connectivity index (χ2n) is 6.01. The molecule has 17 heavy (non-hydrogen) atoms. The maximum absolute atomic E-state index is 12.0. The van der Waals surface area contributed by atoms with Crippen molar-refractivity contribution in [2.75, 3.05) is 0 Å². The van der Waals surface area contributed by atoms with E-state index in [2.05, 4.69) is 20.8 Å². The Kier molecular flexibility index (Phi) is 5.70. The molecule has 0 aromatic heterocycles. The summed E-state index contributed by atoms with van der Waals surface area (Å²) in [5, 5.41) is 0. The van der Waals surface area contributed by atoms with E-state index >= 15 is 0 Å². The van der Waals surface area contributed by atoms with E-state index in [1.54, 1.807) is 0 Å². The first-order valence-corrected chi connectivity index (χ1v) is 7.94. The third-order valence-corrected chi connectivity index (χ3v) is 4.83. The van der Waals surface area contributed by atoms with Crippen LogP contribution in [0.5, 0.6) is 0 Å². The summed E-state index contributed by atoms with van der Waals surface area (Å²) in [6.07, 6.45) is 9.01. The van der Waals surface area contributed by atoms with Gasteiger partial charge in [0, 0.05) is 0 Å². The van der Waals surface area contributed by atoms with Crippen LogP contribution in [0.3, 0.4) is 0 Å². The van der Waals surface area contributed by atoms with Crippen LogP contribution >= 0.6 is 0 Å². The van der Waals surface area contributed by atoms with Gasteiger partial charge in [-0.3, -0.25) is 4.79 Å². The predicted molar refractivity (Wildman–Crippen MR) is 74.8 cm³/mol. The fourth-order valence-corrected chi connectivity index (χ4v) is 3.97. The molecule has 1 atom stereocenters. The highest BCUT2D eigenvalue weighted by Crippen LogP contribution is 2.43. The van der Waals surface area contributed by atoms with Crippen LogP contribution in [0.15, 0.2) is 0 Å². The fraction of sp³-hybridized carbons (Fsp3) is 0.929. The standard InChI is InChI=1S/C14H28O2Si/c1-4-8-12(11-9-6-5-7-10-11)14(2,3)13(15)16-17/h11-12H,4-10H2,1-3,17H3. The smallest absolute Gasteiger partial charge is 0.297 e. The topological polar surface area (TPSA) is 26.3 Å². The molecule has 0 aromatic carbocycles. The van der Waals surface area contributed by atoms with E-state index in [9.17, 15) is 4.79 Å². The fourth-order valence-electron chi connectivity index (χ4n) is 3.45. The summed E-state index contributed by atoms with van der Waals surface area (Å²) in [6.45, 7) is 6.39. The lowest BCUT2D eigenvalue weighted by molar-refractivity contribution is -0.148. The van der Waals surface area contributed by atoms with Gasteiger partial charge >= 0.3 is 0 Å². The molecule has 1 saturated carbocycles. The molecular formula is C14H28O2Si. The molecule has 0 aliphatic heterocycles. The van der Waals surface area contributed by atoms with Gasteiger partial charge in [0.05, 0.1) is 5.41 Å². The summed E-state index contributed by atoms with van der Waals surface area (Å²) >= 11 is 0. The Morgan fingerprint density at radius 2 is 1.94 bits per heavy atom. The van der Waals surface area contributed by atoms with Crippen molar-refractivity contribution < 1.29 is 9.22 Å². The molecule has 0 spiro atoms. The Hall–Kier alpha value is -0.313. The van der Waals surface area contributed by atoms with Crippen molar-refractivity contribution in [1.82, 2.24) is 0 Å². The number of hydrogen-bond acceptors (Lipinski definition) is 2. The largest absolute Gasteiger partial charge is 0.528 e. The van der Waals surface area contributed by atoms with Crippen molar-refractivity contribution in [2.45, 2.75) is 65.7 Å². The Morgan fingerprint density at radius 3 is 2.41 bits per heavy atom. The van der Waals surface area contributed by atoms with E-state index < -0.39 is 0 Å². The number of hydrogen-bond donors (Lipinski definition) is 0. The van der Waals surface area contributed by atoms with E-state index in [1.165, 1.54) is 38.5 Å². The molecule has 1 fully saturated rings. The van der Waals surface area contributed by atoms with Crippen molar-refractivity contribution in [1.29, 1.82) is 0 Å². The van der Waals surface area contributed by atoms with Gasteiger partial charge < -0.3 is 4.43 Å². The van der Waals surface area contributed by atoms with Crippen molar-refractivity contribution in [3.63, 3.8) is 0 Å². The number of rotatable bonds is 5. The Balaban J connectivity index is 2.78. The summed E-state index contributed by atoms with van der Waals surface area (Å²) in [7, 11) is 0.518. The van der Waals surface area contributed by atoms with E-state index in [1.807, 2.05) is 0 Å². The van der Waals surface area contributed by atoms with Gasteiger partial charge in [0.25, 0.3) is 5.97 Å². The molecular weight excluding hydrogens is 228 g/mol. The maximum Gasteiger partial charge on any atom is 0.297 e. The quantitative estimate of drug-likeness (QED) is 0.707. The molecule has 0 N–H and O–H groups in total. The van der Waals surface area contributed by atoms with Gasteiger partial charge in [-0.15, -0.1) is 0 Å². The molecule has 2 nitrogen and oxygen atoms in total. The SMILES string of the molecule is CCCC(C1CCCCC1)C(C)(C)C(=O)O[SiH3]. The lowest BCUT2D eigenvalue weighted by Crippen LogP contribution is -2.39.